The van der Waals surface area contributed by atoms with Gasteiger partial charge in [-0.15, -0.1) is 0 Å². The van der Waals surface area contributed by atoms with E-state index in [1.165, 1.54) is 54.4 Å². The van der Waals surface area contributed by atoms with Gasteiger partial charge in [0.05, 0.1) is 19.3 Å². The van der Waals surface area contributed by atoms with Crippen molar-refractivity contribution in [2.24, 2.45) is 0 Å². The molecule has 0 amide bonds. The normalized spacial score (nSPS) is 13.9. The Balaban J connectivity index is 0.000000196. The Morgan fingerprint density at radius 2 is 1.94 bits per heavy atom. The van der Waals surface area contributed by atoms with Crippen molar-refractivity contribution in [2.45, 2.75) is 32.7 Å². The lowest BCUT2D eigenvalue weighted by molar-refractivity contribution is 0.0697. The smallest absolute Gasteiger partial charge is 0.335 e. The van der Waals surface area contributed by atoms with Crippen LogP contribution in [0.2, 0.25) is 0 Å². The molecule has 4 rings (SSSR count). The fraction of sp³-hybridized carbons (Fsp3) is 0.423. The van der Waals surface area contributed by atoms with E-state index in [4.69, 9.17) is 14.6 Å². The number of piperidine rings is 1. The number of carboxylic acid groups (broad SMARTS) is 1. The van der Waals surface area contributed by atoms with E-state index in [9.17, 15) is 4.79 Å². The molecule has 7 nitrogen and oxygen atoms in total. The molecule has 0 saturated carbocycles. The van der Waals surface area contributed by atoms with Crippen LogP contribution in [0.3, 0.4) is 0 Å². The molecule has 3 N–H and O–H groups in total. The van der Waals surface area contributed by atoms with Gasteiger partial charge in [0.2, 0.25) is 0 Å². The SMILES string of the molecule is COCCNc1cccc(C(=O)O)c1.COc1cc(C)c2[nH]ccc2c1CN1CCCCC1. The van der Waals surface area contributed by atoms with Crippen LogP contribution in [0.1, 0.15) is 40.7 Å². The molecule has 3 aromatic rings. The number of fused-ring (bicyclic) bond motifs is 1. The number of nitrogens with one attached hydrogen (secondary N) is 2. The molecule has 178 valence electrons. The summed E-state index contributed by atoms with van der Waals surface area (Å²) in [4.78, 5) is 16.5. The molecule has 1 saturated heterocycles. The lowest BCUT2D eigenvalue weighted by Gasteiger charge is -2.27. The van der Waals surface area contributed by atoms with Crippen molar-refractivity contribution in [3.8, 4) is 5.75 Å². The van der Waals surface area contributed by atoms with Gasteiger partial charge in [-0.25, -0.2) is 4.79 Å². The Bertz CT molecular complexity index is 1040. The summed E-state index contributed by atoms with van der Waals surface area (Å²) in [5.41, 5.74) is 4.90. The predicted molar refractivity (Wildman–Crippen MR) is 132 cm³/mol. The number of nitrogens with zero attached hydrogens (tertiary/aromatic N) is 1. The molecule has 7 heteroatoms. The molecule has 0 aliphatic carbocycles. The molecule has 0 bridgehead atoms. The van der Waals surface area contributed by atoms with Crippen LogP contribution in [-0.4, -0.2) is 61.4 Å². The number of likely N-dealkylation sites (tertiary alicyclic amines) is 1. The summed E-state index contributed by atoms with van der Waals surface area (Å²) in [6, 6.07) is 11.0. The number of benzene rings is 2. The standard InChI is InChI=1S/C16H22N2O.C10H13NO3/c1-12-10-15(19-2)14(13-6-7-17-16(12)13)11-18-8-4-3-5-9-18;1-14-6-5-11-9-4-2-3-8(7-9)10(12)13/h6-7,10,17H,3-5,8-9,11H2,1-2H3;2-4,7,11H,5-6H2,1H3,(H,12,13). The first-order valence-electron chi connectivity index (χ1n) is 11.5. The number of aromatic amines is 1. The van der Waals surface area contributed by atoms with E-state index < -0.39 is 5.97 Å². The maximum atomic E-state index is 10.6. The molecule has 33 heavy (non-hydrogen) atoms. The maximum absolute atomic E-state index is 10.6. The minimum atomic E-state index is -0.916. The van der Waals surface area contributed by atoms with Crippen molar-refractivity contribution in [1.29, 1.82) is 0 Å². The number of aromatic nitrogens is 1. The van der Waals surface area contributed by atoms with Crippen LogP contribution in [0.4, 0.5) is 5.69 Å². The first-order valence-corrected chi connectivity index (χ1v) is 11.5. The van der Waals surface area contributed by atoms with E-state index in [2.05, 4.69) is 34.3 Å². The highest BCUT2D eigenvalue weighted by molar-refractivity contribution is 5.89. The van der Waals surface area contributed by atoms with Crippen LogP contribution in [0.15, 0.2) is 42.6 Å². The number of methoxy groups -OCH3 is 2. The van der Waals surface area contributed by atoms with Crippen molar-refractivity contribution in [1.82, 2.24) is 9.88 Å². The molecule has 0 radical (unpaired) electrons. The van der Waals surface area contributed by atoms with Gasteiger partial charge in [0.25, 0.3) is 0 Å². The van der Waals surface area contributed by atoms with Gasteiger partial charge >= 0.3 is 5.97 Å². The van der Waals surface area contributed by atoms with Crippen molar-refractivity contribution in [3.63, 3.8) is 0 Å². The summed E-state index contributed by atoms with van der Waals surface area (Å²) in [5, 5.41) is 13.1. The molecule has 2 heterocycles. The Labute approximate surface area is 195 Å². The molecular weight excluding hydrogens is 418 g/mol. The first-order chi connectivity index (χ1) is 16.0. The van der Waals surface area contributed by atoms with Gasteiger partial charge in [-0.1, -0.05) is 12.5 Å². The summed E-state index contributed by atoms with van der Waals surface area (Å²) >= 11 is 0. The third kappa shape index (κ3) is 6.73. The fourth-order valence-electron chi connectivity index (χ4n) is 4.18. The third-order valence-electron chi connectivity index (χ3n) is 5.91. The van der Waals surface area contributed by atoms with Crippen molar-refractivity contribution < 1.29 is 19.4 Å². The number of aromatic carboxylic acids is 1. The number of carbonyl (C=O) groups is 1. The number of aryl methyl sites for hydroxylation is 1. The summed E-state index contributed by atoms with van der Waals surface area (Å²) in [6.45, 7) is 6.81. The number of ether oxygens (including phenoxy) is 2. The van der Waals surface area contributed by atoms with Crippen LogP contribution in [0.25, 0.3) is 10.9 Å². The summed E-state index contributed by atoms with van der Waals surface area (Å²) in [6.07, 6.45) is 6.05. The van der Waals surface area contributed by atoms with Crippen LogP contribution < -0.4 is 10.1 Å². The van der Waals surface area contributed by atoms with Gasteiger partial charge in [0.1, 0.15) is 5.75 Å². The Kier molecular flexibility index (Phi) is 9.15. The number of hydrogen-bond acceptors (Lipinski definition) is 5. The monoisotopic (exact) mass is 453 g/mol. The van der Waals surface area contributed by atoms with E-state index >= 15 is 0 Å². The van der Waals surface area contributed by atoms with Gasteiger partial charge in [-0.05, 0) is 68.8 Å². The fourth-order valence-corrected chi connectivity index (χ4v) is 4.18. The molecule has 2 aromatic carbocycles. The van der Waals surface area contributed by atoms with Crippen molar-refractivity contribution in [3.05, 3.63) is 59.3 Å². The minimum Gasteiger partial charge on any atom is -0.496 e. The number of anilines is 1. The van der Waals surface area contributed by atoms with Crippen LogP contribution >= 0.6 is 0 Å². The highest BCUT2D eigenvalue weighted by atomic mass is 16.5. The van der Waals surface area contributed by atoms with Gasteiger partial charge in [0.15, 0.2) is 0 Å². The lowest BCUT2D eigenvalue weighted by atomic mass is 10.0. The van der Waals surface area contributed by atoms with Gasteiger partial charge in [-0.3, -0.25) is 4.90 Å². The van der Waals surface area contributed by atoms with Gasteiger partial charge in [0, 0.05) is 48.5 Å². The molecule has 1 aliphatic rings. The average Bonchev–Trinajstić information content (AvgIpc) is 3.33. The molecule has 0 unspecified atom stereocenters. The van der Waals surface area contributed by atoms with Gasteiger partial charge in [-0.2, -0.15) is 0 Å². The Morgan fingerprint density at radius 1 is 1.15 bits per heavy atom. The number of hydrogen-bond donors (Lipinski definition) is 3. The molecular formula is C26H35N3O4. The second kappa shape index (κ2) is 12.3. The Hall–Kier alpha value is -3.03. The van der Waals surface area contributed by atoms with E-state index in [1.807, 2.05) is 12.3 Å². The predicted octanol–water partition coefficient (Wildman–Crippen LogP) is 4.91. The third-order valence-corrected chi connectivity index (χ3v) is 5.91. The summed E-state index contributed by atoms with van der Waals surface area (Å²) < 4.78 is 10.5. The van der Waals surface area contributed by atoms with Crippen LogP contribution in [-0.2, 0) is 11.3 Å². The molecule has 0 spiro atoms. The molecule has 1 aliphatic heterocycles. The van der Waals surface area contributed by atoms with E-state index in [0.717, 1.165) is 18.0 Å². The quantitative estimate of drug-likeness (QED) is 0.420. The summed E-state index contributed by atoms with van der Waals surface area (Å²) in [7, 11) is 3.39. The average molecular weight is 454 g/mol. The van der Waals surface area contributed by atoms with Gasteiger partial charge < -0.3 is 24.9 Å². The zero-order valence-electron chi connectivity index (χ0n) is 19.8. The topological polar surface area (TPSA) is 86.8 Å². The van der Waals surface area contributed by atoms with Crippen molar-refractivity contribution >= 4 is 22.6 Å². The maximum Gasteiger partial charge on any atom is 0.335 e. The molecule has 0 atom stereocenters. The lowest BCUT2D eigenvalue weighted by Crippen LogP contribution is -2.29. The van der Waals surface area contributed by atoms with Crippen LogP contribution in [0.5, 0.6) is 5.75 Å². The molecule has 1 fully saturated rings. The first kappa shape index (κ1) is 24.6. The van der Waals surface area contributed by atoms with E-state index in [-0.39, 0.29) is 5.56 Å². The zero-order valence-corrected chi connectivity index (χ0v) is 19.8. The molecule has 1 aromatic heterocycles. The minimum absolute atomic E-state index is 0.285. The highest BCUT2D eigenvalue weighted by Crippen LogP contribution is 2.32. The Morgan fingerprint density at radius 3 is 2.64 bits per heavy atom. The second-order valence-corrected chi connectivity index (χ2v) is 8.28. The zero-order chi connectivity index (χ0) is 23.6. The second-order valence-electron chi connectivity index (χ2n) is 8.28. The number of rotatable bonds is 8. The number of carboxylic acids is 1. The largest absolute Gasteiger partial charge is 0.496 e. The summed E-state index contributed by atoms with van der Waals surface area (Å²) in [5.74, 6) is 0.107. The van der Waals surface area contributed by atoms with Crippen LogP contribution in [0, 0.1) is 6.92 Å². The highest BCUT2D eigenvalue weighted by Gasteiger charge is 2.17. The van der Waals surface area contributed by atoms with E-state index in [0.29, 0.717) is 13.2 Å². The number of H-pyrrole nitrogens is 1. The van der Waals surface area contributed by atoms with E-state index in [1.54, 1.807) is 32.4 Å². The van der Waals surface area contributed by atoms with Crippen molar-refractivity contribution in [2.75, 3.05) is 45.8 Å².